The number of nitrogens with one attached hydrogen (secondary N) is 1. The van der Waals surface area contributed by atoms with Crippen LogP contribution in [0.3, 0.4) is 0 Å². The summed E-state index contributed by atoms with van der Waals surface area (Å²) in [5.74, 6) is 0.0153. The molecule has 1 amide bonds. The smallest absolute Gasteiger partial charge is 0.234 e. The normalized spacial score (nSPS) is 10.4. The molecule has 0 rings (SSSR count). The van der Waals surface area contributed by atoms with Crippen molar-refractivity contribution in [3.63, 3.8) is 0 Å². The third-order valence-electron chi connectivity index (χ3n) is 2.00. The van der Waals surface area contributed by atoms with Crippen molar-refractivity contribution in [2.75, 3.05) is 40.4 Å². The van der Waals surface area contributed by atoms with E-state index in [4.69, 9.17) is 22.7 Å². The highest BCUT2D eigenvalue weighted by atomic mass is 32.1. The number of carbonyl (C=O) groups excluding carboxylic acids is 1. The lowest BCUT2D eigenvalue weighted by molar-refractivity contribution is -0.121. The molecule has 0 atom stereocenters. The molecule has 0 spiro atoms. The maximum Gasteiger partial charge on any atom is 0.234 e. The van der Waals surface area contributed by atoms with Crippen LogP contribution in [0.15, 0.2) is 0 Å². The van der Waals surface area contributed by atoms with E-state index >= 15 is 0 Å². The third-order valence-corrected chi connectivity index (χ3v) is 2.20. The Hall–Kier alpha value is -0.720. The molecule has 94 valence electrons. The molecular formula is C10H21N3O2S. The number of thiocarbonyl (C=S) groups is 1. The van der Waals surface area contributed by atoms with Crippen molar-refractivity contribution >= 4 is 23.1 Å². The molecule has 0 saturated carbocycles. The van der Waals surface area contributed by atoms with Gasteiger partial charge in [-0.15, -0.1) is 0 Å². The Labute approximate surface area is 102 Å². The molecule has 0 aliphatic heterocycles. The van der Waals surface area contributed by atoms with Gasteiger partial charge in [0.2, 0.25) is 5.91 Å². The molecule has 5 nitrogen and oxygen atoms in total. The highest BCUT2D eigenvalue weighted by molar-refractivity contribution is 7.80. The first kappa shape index (κ1) is 15.3. The fourth-order valence-electron chi connectivity index (χ4n) is 1.13. The first-order valence-corrected chi connectivity index (χ1v) is 5.69. The summed E-state index contributed by atoms with van der Waals surface area (Å²) in [5, 5.41) is 2.81. The van der Waals surface area contributed by atoms with Gasteiger partial charge >= 0.3 is 0 Å². The van der Waals surface area contributed by atoms with Gasteiger partial charge in [-0.25, -0.2) is 0 Å². The summed E-state index contributed by atoms with van der Waals surface area (Å²) < 4.78 is 4.88. The van der Waals surface area contributed by atoms with Crippen molar-refractivity contribution < 1.29 is 9.53 Å². The number of methoxy groups -OCH3 is 1. The number of rotatable bonds is 9. The molecule has 0 heterocycles. The molecule has 0 aliphatic carbocycles. The lowest BCUT2D eigenvalue weighted by Crippen LogP contribution is -2.37. The molecule has 6 heteroatoms. The fourth-order valence-corrected chi connectivity index (χ4v) is 1.22. The molecule has 0 aromatic heterocycles. The van der Waals surface area contributed by atoms with Gasteiger partial charge < -0.3 is 15.8 Å². The largest absolute Gasteiger partial charge is 0.393 e. The van der Waals surface area contributed by atoms with Crippen molar-refractivity contribution in [1.29, 1.82) is 0 Å². The quantitative estimate of drug-likeness (QED) is 0.434. The number of nitrogens with two attached hydrogens (primary N) is 1. The zero-order chi connectivity index (χ0) is 12.4. The predicted octanol–water partition coefficient (Wildman–Crippen LogP) is -0.253. The number of hydrogen-bond donors (Lipinski definition) is 2. The molecule has 0 aromatic carbocycles. The number of likely N-dealkylation sites (N-methyl/N-ethyl adjacent to an activating group) is 1. The number of carbonyl (C=O) groups is 1. The van der Waals surface area contributed by atoms with E-state index in [2.05, 4.69) is 5.32 Å². The molecule has 0 saturated heterocycles. The van der Waals surface area contributed by atoms with Crippen molar-refractivity contribution in [2.45, 2.75) is 12.8 Å². The average Bonchev–Trinajstić information content (AvgIpc) is 2.21. The van der Waals surface area contributed by atoms with Crippen LogP contribution in [0.25, 0.3) is 0 Å². The minimum Gasteiger partial charge on any atom is -0.393 e. The lowest BCUT2D eigenvalue weighted by atomic mass is 10.4. The second-order valence-corrected chi connectivity index (χ2v) is 4.17. The van der Waals surface area contributed by atoms with Gasteiger partial charge in [-0.1, -0.05) is 12.2 Å². The Morgan fingerprint density at radius 1 is 1.56 bits per heavy atom. The number of hydrogen-bond acceptors (Lipinski definition) is 4. The molecule has 0 radical (unpaired) electrons. The fraction of sp³-hybridized carbons (Fsp3) is 0.800. The molecule has 3 N–H and O–H groups in total. The van der Waals surface area contributed by atoms with E-state index in [0.717, 1.165) is 6.42 Å². The maximum atomic E-state index is 11.4. The predicted molar refractivity (Wildman–Crippen MR) is 68.4 cm³/mol. The molecule has 16 heavy (non-hydrogen) atoms. The van der Waals surface area contributed by atoms with Crippen molar-refractivity contribution in [3.8, 4) is 0 Å². The topological polar surface area (TPSA) is 67.6 Å². The molecule has 0 bridgehead atoms. The Balaban J connectivity index is 3.50. The number of amides is 1. The molecular weight excluding hydrogens is 226 g/mol. The zero-order valence-electron chi connectivity index (χ0n) is 9.99. The Kier molecular flexibility index (Phi) is 9.07. The van der Waals surface area contributed by atoms with E-state index in [1.54, 1.807) is 7.11 Å². The van der Waals surface area contributed by atoms with Crippen molar-refractivity contribution in [1.82, 2.24) is 10.2 Å². The van der Waals surface area contributed by atoms with Crippen LogP contribution in [-0.4, -0.2) is 56.2 Å². The van der Waals surface area contributed by atoms with Gasteiger partial charge in [-0.2, -0.15) is 0 Å². The van der Waals surface area contributed by atoms with Gasteiger partial charge in [-0.3, -0.25) is 9.69 Å². The number of ether oxygens (including phenoxy) is 1. The van der Waals surface area contributed by atoms with Crippen LogP contribution in [-0.2, 0) is 9.53 Å². The summed E-state index contributed by atoms with van der Waals surface area (Å²) in [6.07, 6.45) is 1.47. The summed E-state index contributed by atoms with van der Waals surface area (Å²) in [6, 6.07) is 0. The van der Waals surface area contributed by atoms with Gasteiger partial charge in [0.25, 0.3) is 0 Å². The van der Waals surface area contributed by atoms with Gasteiger partial charge in [0.05, 0.1) is 11.5 Å². The highest BCUT2D eigenvalue weighted by Crippen LogP contribution is 1.88. The van der Waals surface area contributed by atoms with Crippen LogP contribution in [0, 0.1) is 0 Å². The molecule has 0 aliphatic rings. The molecule has 0 unspecified atom stereocenters. The summed E-state index contributed by atoms with van der Waals surface area (Å²) in [7, 11) is 3.51. The van der Waals surface area contributed by atoms with Gasteiger partial charge in [0, 0.05) is 33.2 Å². The van der Waals surface area contributed by atoms with Crippen molar-refractivity contribution in [2.24, 2.45) is 5.73 Å². The van der Waals surface area contributed by atoms with E-state index in [0.29, 0.717) is 37.7 Å². The zero-order valence-corrected chi connectivity index (χ0v) is 10.8. The minimum atomic E-state index is 0.0153. The van der Waals surface area contributed by atoms with E-state index < -0.39 is 0 Å². The molecule has 0 aromatic rings. The Morgan fingerprint density at radius 3 is 2.81 bits per heavy atom. The minimum absolute atomic E-state index is 0.0153. The van der Waals surface area contributed by atoms with Crippen LogP contribution < -0.4 is 11.1 Å². The van der Waals surface area contributed by atoms with Crippen LogP contribution >= 0.6 is 12.2 Å². The van der Waals surface area contributed by atoms with Crippen LogP contribution in [0.1, 0.15) is 12.8 Å². The SMILES string of the molecule is COCCCNC(=O)CN(C)CCC(N)=S. The second kappa shape index (κ2) is 9.50. The van der Waals surface area contributed by atoms with Crippen LogP contribution in [0.2, 0.25) is 0 Å². The Bertz CT molecular complexity index is 224. The van der Waals surface area contributed by atoms with Crippen LogP contribution in [0.4, 0.5) is 0 Å². The summed E-state index contributed by atoms with van der Waals surface area (Å²) in [4.78, 5) is 13.8. The highest BCUT2D eigenvalue weighted by Gasteiger charge is 2.05. The first-order valence-electron chi connectivity index (χ1n) is 5.28. The summed E-state index contributed by atoms with van der Waals surface area (Å²) >= 11 is 4.76. The summed E-state index contributed by atoms with van der Waals surface area (Å²) in [5.41, 5.74) is 5.38. The van der Waals surface area contributed by atoms with E-state index in [9.17, 15) is 4.79 Å². The van der Waals surface area contributed by atoms with E-state index in [1.165, 1.54) is 0 Å². The first-order chi connectivity index (χ1) is 7.56. The van der Waals surface area contributed by atoms with Gasteiger partial charge in [0.15, 0.2) is 0 Å². The van der Waals surface area contributed by atoms with Gasteiger partial charge in [0.1, 0.15) is 0 Å². The standard InChI is InChI=1S/C10H21N3O2S/c1-13(6-4-9(11)16)8-10(14)12-5-3-7-15-2/h3-8H2,1-2H3,(H2,11,16)(H,12,14). The average molecular weight is 247 g/mol. The third kappa shape index (κ3) is 9.82. The monoisotopic (exact) mass is 247 g/mol. The Morgan fingerprint density at radius 2 is 2.25 bits per heavy atom. The van der Waals surface area contributed by atoms with Crippen LogP contribution in [0.5, 0.6) is 0 Å². The van der Waals surface area contributed by atoms with E-state index in [1.807, 2.05) is 11.9 Å². The second-order valence-electron chi connectivity index (χ2n) is 3.65. The lowest BCUT2D eigenvalue weighted by Gasteiger charge is -2.15. The number of nitrogens with zero attached hydrogens (tertiary/aromatic N) is 1. The summed E-state index contributed by atoms with van der Waals surface area (Å²) in [6.45, 7) is 2.39. The van der Waals surface area contributed by atoms with Gasteiger partial charge in [-0.05, 0) is 13.5 Å². The maximum absolute atomic E-state index is 11.4. The van der Waals surface area contributed by atoms with E-state index in [-0.39, 0.29) is 5.91 Å². The molecule has 0 fully saturated rings. The van der Waals surface area contributed by atoms with Crippen molar-refractivity contribution in [3.05, 3.63) is 0 Å².